The summed E-state index contributed by atoms with van der Waals surface area (Å²) < 4.78 is 1.54. The van der Waals surface area contributed by atoms with Gasteiger partial charge in [0, 0.05) is 13.2 Å². The zero-order chi connectivity index (χ0) is 13.6. The number of hydrogen-bond acceptors (Lipinski definition) is 4. The Labute approximate surface area is 113 Å². The molecule has 96 valence electrons. The van der Waals surface area contributed by atoms with Gasteiger partial charge in [0.05, 0.1) is 22.8 Å². The number of Topliss-reactive ketones (excluding diaryl/α,β-unsaturated/α-hetero) is 1. The highest BCUT2D eigenvalue weighted by atomic mass is 35.5. The minimum absolute atomic E-state index is 0.200. The van der Waals surface area contributed by atoms with Gasteiger partial charge >= 0.3 is 0 Å². The zero-order valence-electron chi connectivity index (χ0n) is 10.00. The quantitative estimate of drug-likeness (QED) is 0.773. The molecule has 0 spiro atoms. The van der Waals surface area contributed by atoms with Gasteiger partial charge in [-0.25, -0.2) is 0 Å². The van der Waals surface area contributed by atoms with Crippen molar-refractivity contribution in [2.24, 2.45) is 7.05 Å². The molecule has 0 radical (unpaired) electrons. The standard InChI is InChI=1S/C12H9ClN4O2/c1-16-5-7(14-15-16)6-17-9-4-2-3-8(13)10(9)11(18)12(17)19/h2-5H,6H2,1H3. The molecule has 2 heterocycles. The van der Waals surface area contributed by atoms with Crippen LogP contribution in [0.4, 0.5) is 5.69 Å². The Morgan fingerprint density at radius 3 is 2.79 bits per heavy atom. The van der Waals surface area contributed by atoms with E-state index in [2.05, 4.69) is 10.3 Å². The van der Waals surface area contributed by atoms with Gasteiger partial charge in [-0.3, -0.25) is 19.2 Å². The van der Waals surface area contributed by atoms with Gasteiger partial charge in [-0.05, 0) is 12.1 Å². The summed E-state index contributed by atoms with van der Waals surface area (Å²) in [5.74, 6) is -1.17. The van der Waals surface area contributed by atoms with Crippen LogP contribution in [-0.2, 0) is 18.4 Å². The van der Waals surface area contributed by atoms with E-state index in [1.807, 2.05) is 0 Å². The van der Waals surface area contributed by atoms with Crippen molar-refractivity contribution in [1.82, 2.24) is 15.0 Å². The number of benzene rings is 1. The maximum Gasteiger partial charge on any atom is 0.299 e. The van der Waals surface area contributed by atoms with Crippen molar-refractivity contribution in [3.63, 3.8) is 0 Å². The second kappa shape index (κ2) is 4.17. The molecule has 0 N–H and O–H groups in total. The second-order valence-corrected chi connectivity index (χ2v) is 4.65. The zero-order valence-corrected chi connectivity index (χ0v) is 10.8. The first-order valence-electron chi connectivity index (χ1n) is 5.58. The summed E-state index contributed by atoms with van der Waals surface area (Å²) in [7, 11) is 1.73. The van der Waals surface area contributed by atoms with E-state index in [1.165, 1.54) is 9.58 Å². The van der Waals surface area contributed by atoms with Crippen LogP contribution in [0.15, 0.2) is 24.4 Å². The van der Waals surface area contributed by atoms with Crippen LogP contribution in [0.2, 0.25) is 5.02 Å². The number of ketones is 1. The summed E-state index contributed by atoms with van der Waals surface area (Å²) in [6.07, 6.45) is 1.69. The molecule has 0 saturated heterocycles. The largest absolute Gasteiger partial charge is 0.299 e. The third-order valence-electron chi connectivity index (χ3n) is 2.92. The fourth-order valence-corrected chi connectivity index (χ4v) is 2.34. The summed E-state index contributed by atoms with van der Waals surface area (Å²) in [6, 6.07) is 4.99. The molecular weight excluding hydrogens is 268 g/mol. The van der Waals surface area contributed by atoms with Crippen LogP contribution < -0.4 is 4.90 Å². The molecule has 0 saturated carbocycles. The highest BCUT2D eigenvalue weighted by Gasteiger charge is 2.37. The van der Waals surface area contributed by atoms with Crippen LogP contribution in [0, 0.1) is 0 Å². The first-order valence-corrected chi connectivity index (χ1v) is 5.95. The number of anilines is 1. The summed E-state index contributed by atoms with van der Waals surface area (Å²) in [6.45, 7) is 0.200. The molecule has 7 heteroatoms. The number of carbonyl (C=O) groups excluding carboxylic acids is 2. The molecule has 1 amide bonds. The number of halogens is 1. The van der Waals surface area contributed by atoms with Gasteiger partial charge in [-0.1, -0.05) is 22.9 Å². The van der Waals surface area contributed by atoms with Crippen LogP contribution in [0.3, 0.4) is 0 Å². The summed E-state index contributed by atoms with van der Waals surface area (Å²) >= 11 is 5.97. The number of amides is 1. The van der Waals surface area contributed by atoms with Crippen molar-refractivity contribution in [2.45, 2.75) is 6.54 Å². The van der Waals surface area contributed by atoms with E-state index >= 15 is 0 Å². The number of rotatable bonds is 2. The molecule has 0 aliphatic carbocycles. The van der Waals surface area contributed by atoms with Crippen LogP contribution in [0.25, 0.3) is 0 Å². The predicted molar refractivity (Wildman–Crippen MR) is 68.0 cm³/mol. The molecule has 1 aromatic heterocycles. The summed E-state index contributed by atoms with van der Waals surface area (Å²) in [5.41, 5.74) is 1.39. The number of aromatic nitrogens is 3. The van der Waals surface area contributed by atoms with E-state index in [4.69, 9.17) is 11.6 Å². The Morgan fingerprint density at radius 2 is 2.11 bits per heavy atom. The normalized spacial score (nSPS) is 14.1. The van der Waals surface area contributed by atoms with E-state index in [0.717, 1.165) is 0 Å². The first kappa shape index (κ1) is 11.9. The predicted octanol–water partition coefficient (Wildman–Crippen LogP) is 1.20. The maximum absolute atomic E-state index is 12.0. The molecular formula is C12H9ClN4O2. The topological polar surface area (TPSA) is 68.1 Å². The summed E-state index contributed by atoms with van der Waals surface area (Å²) in [4.78, 5) is 25.3. The Morgan fingerprint density at radius 1 is 1.32 bits per heavy atom. The van der Waals surface area contributed by atoms with Gasteiger partial charge < -0.3 is 0 Å². The lowest BCUT2D eigenvalue weighted by atomic mass is 10.1. The Hall–Kier alpha value is -2.21. The Bertz CT molecular complexity index is 695. The summed E-state index contributed by atoms with van der Waals surface area (Å²) in [5, 5.41) is 7.99. The van der Waals surface area contributed by atoms with E-state index in [9.17, 15) is 9.59 Å². The molecule has 0 atom stereocenters. The minimum Gasteiger partial charge on any atom is -0.299 e. The van der Waals surface area contributed by atoms with Crippen molar-refractivity contribution in [3.05, 3.63) is 40.7 Å². The maximum atomic E-state index is 12.0. The number of carbonyl (C=O) groups is 2. The molecule has 2 aromatic rings. The lowest BCUT2D eigenvalue weighted by molar-refractivity contribution is -0.114. The van der Waals surface area contributed by atoms with Crippen molar-refractivity contribution in [1.29, 1.82) is 0 Å². The average molecular weight is 277 g/mol. The van der Waals surface area contributed by atoms with E-state index < -0.39 is 11.7 Å². The molecule has 19 heavy (non-hydrogen) atoms. The van der Waals surface area contributed by atoms with Gasteiger partial charge in [0.1, 0.15) is 5.69 Å². The van der Waals surface area contributed by atoms with Gasteiger partial charge in [0.15, 0.2) is 0 Å². The highest BCUT2D eigenvalue weighted by molar-refractivity contribution is 6.55. The fraction of sp³-hybridized carbons (Fsp3) is 0.167. The number of nitrogens with zero attached hydrogens (tertiary/aromatic N) is 4. The van der Waals surface area contributed by atoms with Crippen LogP contribution in [0.5, 0.6) is 0 Å². The second-order valence-electron chi connectivity index (χ2n) is 4.24. The molecule has 0 bridgehead atoms. The first-order chi connectivity index (χ1) is 9.08. The van der Waals surface area contributed by atoms with Crippen molar-refractivity contribution in [3.8, 4) is 0 Å². The smallest absolute Gasteiger partial charge is 0.299 e. The van der Waals surface area contributed by atoms with Crippen LogP contribution in [-0.4, -0.2) is 26.7 Å². The third-order valence-corrected chi connectivity index (χ3v) is 3.23. The van der Waals surface area contributed by atoms with Gasteiger partial charge in [0.25, 0.3) is 11.7 Å². The molecule has 1 aliphatic heterocycles. The fourth-order valence-electron chi connectivity index (χ4n) is 2.09. The lowest BCUT2D eigenvalue weighted by Gasteiger charge is -2.14. The minimum atomic E-state index is -0.589. The van der Waals surface area contributed by atoms with Gasteiger partial charge in [0.2, 0.25) is 0 Å². The van der Waals surface area contributed by atoms with Crippen molar-refractivity contribution < 1.29 is 9.59 Å². The number of hydrogen-bond donors (Lipinski definition) is 0. The van der Waals surface area contributed by atoms with Crippen LogP contribution >= 0.6 is 11.6 Å². The molecule has 3 rings (SSSR count). The molecule has 0 fully saturated rings. The molecule has 1 aromatic carbocycles. The average Bonchev–Trinajstić information content (AvgIpc) is 2.88. The molecule has 0 unspecified atom stereocenters. The molecule has 6 nitrogen and oxygen atoms in total. The van der Waals surface area contributed by atoms with E-state index in [0.29, 0.717) is 11.4 Å². The van der Waals surface area contributed by atoms with Gasteiger partial charge in [-0.15, -0.1) is 5.10 Å². The molecule has 1 aliphatic rings. The van der Waals surface area contributed by atoms with Crippen molar-refractivity contribution >= 4 is 29.0 Å². The van der Waals surface area contributed by atoms with Gasteiger partial charge in [-0.2, -0.15) is 0 Å². The SMILES string of the molecule is Cn1cc(CN2C(=O)C(=O)c3c(Cl)cccc32)nn1. The van der Waals surface area contributed by atoms with E-state index in [1.54, 1.807) is 31.4 Å². The number of fused-ring (bicyclic) bond motifs is 1. The number of aryl methyl sites for hydroxylation is 1. The van der Waals surface area contributed by atoms with E-state index in [-0.39, 0.29) is 17.1 Å². The Kier molecular flexibility index (Phi) is 2.60. The third kappa shape index (κ3) is 1.80. The van der Waals surface area contributed by atoms with Crippen molar-refractivity contribution in [2.75, 3.05) is 4.90 Å². The highest BCUT2D eigenvalue weighted by Crippen LogP contribution is 2.34. The van der Waals surface area contributed by atoms with Crippen LogP contribution in [0.1, 0.15) is 16.1 Å². The lowest BCUT2D eigenvalue weighted by Crippen LogP contribution is -2.29. The monoisotopic (exact) mass is 276 g/mol. The Balaban J connectivity index is 2.02.